The summed E-state index contributed by atoms with van der Waals surface area (Å²) in [5.74, 6) is 0.828. The van der Waals surface area contributed by atoms with E-state index in [1.807, 2.05) is 7.11 Å². The van der Waals surface area contributed by atoms with Crippen LogP contribution >= 0.6 is 0 Å². The summed E-state index contributed by atoms with van der Waals surface area (Å²) >= 11 is 0. The van der Waals surface area contributed by atoms with E-state index < -0.39 is 0 Å². The average molecular weight is 289 g/mol. The van der Waals surface area contributed by atoms with E-state index >= 15 is 0 Å². The van der Waals surface area contributed by atoms with E-state index in [9.17, 15) is 0 Å². The van der Waals surface area contributed by atoms with Gasteiger partial charge < -0.3 is 10.1 Å². The Morgan fingerprint density at radius 1 is 1.29 bits per heavy atom. The average Bonchev–Trinajstić information content (AvgIpc) is 2.50. The number of hydrogen-bond donors (Lipinski definition) is 1. The summed E-state index contributed by atoms with van der Waals surface area (Å²) in [5, 5.41) is 3.72. The Labute approximate surface area is 130 Å². The summed E-state index contributed by atoms with van der Waals surface area (Å²) in [4.78, 5) is 0. The first kappa shape index (κ1) is 16.5. The molecule has 0 spiro atoms. The molecule has 2 nitrogen and oxygen atoms in total. The van der Waals surface area contributed by atoms with Crippen LogP contribution in [-0.4, -0.2) is 19.3 Å². The lowest BCUT2D eigenvalue weighted by Gasteiger charge is -2.45. The summed E-state index contributed by atoms with van der Waals surface area (Å²) in [6.45, 7) is 9.96. The van der Waals surface area contributed by atoms with E-state index in [-0.39, 0.29) is 5.60 Å². The van der Waals surface area contributed by atoms with Crippen molar-refractivity contribution in [3.8, 4) is 0 Å². The Morgan fingerprint density at radius 2 is 1.95 bits per heavy atom. The molecule has 1 saturated carbocycles. The Balaban J connectivity index is 2.39. The van der Waals surface area contributed by atoms with Gasteiger partial charge in [0, 0.05) is 7.11 Å². The standard InChI is InChI=1S/C19H31NO/c1-6-20-18(17-9-7-8-15(3)16(17)4)19(21-5)12-10-14(2)11-13-19/h7-9,14,18,20H,6,10-13H2,1-5H3. The highest BCUT2D eigenvalue weighted by Crippen LogP contribution is 2.43. The summed E-state index contributed by atoms with van der Waals surface area (Å²) in [6.07, 6.45) is 4.83. The first-order valence-electron chi connectivity index (χ1n) is 8.38. The van der Waals surface area contributed by atoms with Crippen LogP contribution in [0.1, 0.15) is 62.3 Å². The van der Waals surface area contributed by atoms with E-state index in [4.69, 9.17) is 4.74 Å². The Kier molecular flexibility index (Phi) is 5.45. The molecule has 0 saturated heterocycles. The van der Waals surface area contributed by atoms with Crippen LogP contribution in [0.4, 0.5) is 0 Å². The van der Waals surface area contributed by atoms with Crippen molar-refractivity contribution in [1.82, 2.24) is 5.32 Å². The minimum atomic E-state index is -0.0545. The number of benzene rings is 1. The second-order valence-electron chi connectivity index (χ2n) is 6.73. The fraction of sp³-hybridized carbons (Fsp3) is 0.684. The Morgan fingerprint density at radius 3 is 2.52 bits per heavy atom. The minimum Gasteiger partial charge on any atom is -0.376 e. The van der Waals surface area contributed by atoms with Crippen LogP contribution in [0.2, 0.25) is 0 Å². The molecule has 2 heteroatoms. The molecule has 1 aromatic rings. The molecular formula is C19H31NO. The molecule has 1 aliphatic carbocycles. The van der Waals surface area contributed by atoms with Crippen molar-refractivity contribution in [2.24, 2.45) is 5.92 Å². The Hall–Kier alpha value is -0.860. The number of ether oxygens (including phenoxy) is 1. The van der Waals surface area contributed by atoms with Gasteiger partial charge in [-0.3, -0.25) is 0 Å². The molecular weight excluding hydrogens is 258 g/mol. The minimum absolute atomic E-state index is 0.0545. The summed E-state index contributed by atoms with van der Waals surface area (Å²) < 4.78 is 6.13. The molecule has 0 radical (unpaired) electrons. The van der Waals surface area contributed by atoms with Crippen LogP contribution in [0.15, 0.2) is 18.2 Å². The first-order valence-corrected chi connectivity index (χ1v) is 8.38. The van der Waals surface area contributed by atoms with Crippen LogP contribution in [0, 0.1) is 19.8 Å². The fourth-order valence-corrected chi connectivity index (χ4v) is 3.73. The van der Waals surface area contributed by atoms with Gasteiger partial charge in [0.15, 0.2) is 0 Å². The lowest BCUT2D eigenvalue weighted by atomic mass is 9.72. The van der Waals surface area contributed by atoms with Crippen molar-refractivity contribution < 1.29 is 4.74 Å². The molecule has 0 aliphatic heterocycles. The molecule has 0 aromatic heterocycles. The topological polar surface area (TPSA) is 21.3 Å². The van der Waals surface area contributed by atoms with Gasteiger partial charge in [0.2, 0.25) is 0 Å². The zero-order chi connectivity index (χ0) is 15.5. The number of likely N-dealkylation sites (N-methyl/N-ethyl adjacent to an activating group) is 1. The smallest absolute Gasteiger partial charge is 0.0872 e. The third kappa shape index (κ3) is 3.32. The van der Waals surface area contributed by atoms with E-state index in [2.05, 4.69) is 51.2 Å². The first-order chi connectivity index (χ1) is 10.0. The highest BCUT2D eigenvalue weighted by molar-refractivity contribution is 5.37. The second-order valence-corrected chi connectivity index (χ2v) is 6.73. The van der Waals surface area contributed by atoms with Gasteiger partial charge in [-0.2, -0.15) is 0 Å². The highest BCUT2D eigenvalue weighted by Gasteiger charge is 2.42. The highest BCUT2D eigenvalue weighted by atomic mass is 16.5. The number of hydrogen-bond acceptors (Lipinski definition) is 2. The molecule has 118 valence electrons. The monoisotopic (exact) mass is 289 g/mol. The number of methoxy groups -OCH3 is 1. The van der Waals surface area contributed by atoms with Crippen molar-refractivity contribution in [3.05, 3.63) is 34.9 Å². The zero-order valence-electron chi connectivity index (χ0n) is 14.3. The predicted molar refractivity (Wildman–Crippen MR) is 89.7 cm³/mol. The van der Waals surface area contributed by atoms with Gasteiger partial charge in [-0.25, -0.2) is 0 Å². The van der Waals surface area contributed by atoms with Crippen molar-refractivity contribution in [2.45, 2.75) is 65.0 Å². The van der Waals surface area contributed by atoms with Gasteiger partial charge in [-0.15, -0.1) is 0 Å². The fourth-order valence-electron chi connectivity index (χ4n) is 3.73. The molecule has 2 rings (SSSR count). The summed E-state index contributed by atoms with van der Waals surface area (Å²) in [6, 6.07) is 6.94. The lowest BCUT2D eigenvalue weighted by Crippen LogP contribution is -2.48. The molecule has 21 heavy (non-hydrogen) atoms. The van der Waals surface area contributed by atoms with Gasteiger partial charge in [-0.1, -0.05) is 32.0 Å². The van der Waals surface area contributed by atoms with Crippen LogP contribution in [0.25, 0.3) is 0 Å². The van der Waals surface area contributed by atoms with E-state index in [0.29, 0.717) is 6.04 Å². The quantitative estimate of drug-likeness (QED) is 0.858. The molecule has 0 bridgehead atoms. The van der Waals surface area contributed by atoms with Crippen molar-refractivity contribution in [1.29, 1.82) is 0 Å². The number of nitrogens with one attached hydrogen (secondary N) is 1. The molecule has 1 fully saturated rings. The third-order valence-corrected chi connectivity index (χ3v) is 5.42. The predicted octanol–water partition coefficient (Wildman–Crippen LogP) is 4.55. The number of aryl methyl sites for hydroxylation is 1. The van der Waals surface area contributed by atoms with Crippen LogP contribution in [0.5, 0.6) is 0 Å². The largest absolute Gasteiger partial charge is 0.376 e. The zero-order valence-corrected chi connectivity index (χ0v) is 14.3. The SMILES string of the molecule is CCNC(c1cccc(C)c1C)C1(OC)CCC(C)CC1. The molecule has 1 aromatic carbocycles. The van der Waals surface area contributed by atoms with Crippen molar-refractivity contribution in [3.63, 3.8) is 0 Å². The lowest BCUT2D eigenvalue weighted by molar-refractivity contribution is -0.0759. The van der Waals surface area contributed by atoms with Gasteiger partial charge in [0.05, 0.1) is 11.6 Å². The van der Waals surface area contributed by atoms with Gasteiger partial charge >= 0.3 is 0 Å². The van der Waals surface area contributed by atoms with Crippen molar-refractivity contribution in [2.75, 3.05) is 13.7 Å². The van der Waals surface area contributed by atoms with Gasteiger partial charge in [-0.05, 0) is 68.7 Å². The molecule has 0 amide bonds. The maximum Gasteiger partial charge on any atom is 0.0872 e. The summed E-state index contributed by atoms with van der Waals surface area (Å²) in [5.41, 5.74) is 4.12. The van der Waals surface area contributed by atoms with E-state index in [0.717, 1.165) is 25.3 Å². The Bertz CT molecular complexity index is 461. The van der Waals surface area contributed by atoms with Gasteiger partial charge in [0.25, 0.3) is 0 Å². The second kappa shape index (κ2) is 6.93. The number of rotatable bonds is 5. The van der Waals surface area contributed by atoms with Crippen LogP contribution < -0.4 is 5.32 Å². The molecule has 0 heterocycles. The molecule has 1 unspecified atom stereocenters. The third-order valence-electron chi connectivity index (χ3n) is 5.42. The molecule has 1 atom stereocenters. The maximum atomic E-state index is 6.13. The van der Waals surface area contributed by atoms with Crippen LogP contribution in [-0.2, 0) is 4.74 Å². The maximum absolute atomic E-state index is 6.13. The summed E-state index contributed by atoms with van der Waals surface area (Å²) in [7, 11) is 1.89. The van der Waals surface area contributed by atoms with E-state index in [1.54, 1.807) is 0 Å². The van der Waals surface area contributed by atoms with Crippen LogP contribution in [0.3, 0.4) is 0 Å². The molecule has 1 N–H and O–H groups in total. The van der Waals surface area contributed by atoms with Gasteiger partial charge in [0.1, 0.15) is 0 Å². The normalized spacial score (nSPS) is 27.6. The van der Waals surface area contributed by atoms with E-state index in [1.165, 1.54) is 29.5 Å². The van der Waals surface area contributed by atoms with Crippen molar-refractivity contribution >= 4 is 0 Å². The molecule has 1 aliphatic rings.